The first-order chi connectivity index (χ1) is 13.0. The Bertz CT molecular complexity index is 751. The van der Waals surface area contributed by atoms with Crippen molar-refractivity contribution in [3.63, 3.8) is 0 Å². The Kier molecular flexibility index (Phi) is 9.23. The van der Waals surface area contributed by atoms with E-state index in [1.807, 2.05) is 59.7 Å². The second-order valence-corrected chi connectivity index (χ2v) is 9.67. The van der Waals surface area contributed by atoms with Crippen LogP contribution in [-0.2, 0) is 16.6 Å². The number of aliphatic imine (C=N–C) groups is 1. The Balaban J connectivity index is 2.69. The smallest absolute Gasteiger partial charge is 0.215 e. The van der Waals surface area contributed by atoms with Crippen molar-refractivity contribution in [1.82, 2.24) is 14.9 Å². The third-order valence-corrected chi connectivity index (χ3v) is 6.08. The Hall–Kier alpha value is -1.80. The molecule has 2 N–H and O–H groups in total. The summed E-state index contributed by atoms with van der Waals surface area (Å²) in [6.07, 6.45) is 0. The first-order valence-electron chi connectivity index (χ1n) is 9.73. The molecule has 1 aromatic carbocycles. The van der Waals surface area contributed by atoms with Gasteiger partial charge >= 0.3 is 0 Å². The Labute approximate surface area is 170 Å². The van der Waals surface area contributed by atoms with E-state index in [4.69, 9.17) is 4.74 Å². The number of hydrogen-bond acceptors (Lipinski definition) is 4. The van der Waals surface area contributed by atoms with Crippen LogP contribution < -0.4 is 15.4 Å². The molecule has 0 bridgehead atoms. The standard InChI is InChI=1S/C20H36N4O3S/c1-8-24(9-2)28(25,26)13-12-22-19(21-7)23-15-17-11-10-16(3)14-18(17)27-20(4,5)6/h10-11,14H,8-9,12-13,15H2,1-7H3,(H2,21,22,23). The SMILES string of the molecule is CCN(CC)S(=O)(=O)CCNC(=NC)NCc1ccc(C)cc1OC(C)(C)C. The maximum atomic E-state index is 12.3. The van der Waals surface area contributed by atoms with E-state index in [0.29, 0.717) is 25.6 Å². The van der Waals surface area contributed by atoms with E-state index < -0.39 is 10.0 Å². The summed E-state index contributed by atoms with van der Waals surface area (Å²) >= 11 is 0. The van der Waals surface area contributed by atoms with Gasteiger partial charge in [-0.3, -0.25) is 4.99 Å². The fourth-order valence-corrected chi connectivity index (χ4v) is 4.08. The first-order valence-corrected chi connectivity index (χ1v) is 11.3. The van der Waals surface area contributed by atoms with Crippen molar-refractivity contribution in [1.29, 1.82) is 0 Å². The zero-order valence-electron chi connectivity index (χ0n) is 18.3. The molecule has 0 spiro atoms. The van der Waals surface area contributed by atoms with Gasteiger partial charge in [0.2, 0.25) is 10.0 Å². The summed E-state index contributed by atoms with van der Waals surface area (Å²) < 4.78 is 32.1. The summed E-state index contributed by atoms with van der Waals surface area (Å²) in [5.41, 5.74) is 1.85. The lowest BCUT2D eigenvalue weighted by atomic mass is 10.1. The zero-order valence-corrected chi connectivity index (χ0v) is 19.1. The van der Waals surface area contributed by atoms with Crippen LogP contribution in [0.15, 0.2) is 23.2 Å². The fraction of sp³-hybridized carbons (Fsp3) is 0.650. The van der Waals surface area contributed by atoms with E-state index in [-0.39, 0.29) is 17.9 Å². The quantitative estimate of drug-likeness (QED) is 0.481. The van der Waals surface area contributed by atoms with Crippen molar-refractivity contribution in [3.8, 4) is 5.75 Å². The zero-order chi connectivity index (χ0) is 21.4. The van der Waals surface area contributed by atoms with Crippen LogP contribution in [0.3, 0.4) is 0 Å². The lowest BCUT2D eigenvalue weighted by Gasteiger charge is -2.24. The molecule has 0 aliphatic heterocycles. The van der Waals surface area contributed by atoms with Crippen LogP contribution in [0.4, 0.5) is 0 Å². The highest BCUT2D eigenvalue weighted by atomic mass is 32.2. The molecule has 28 heavy (non-hydrogen) atoms. The van der Waals surface area contributed by atoms with Crippen molar-refractivity contribution in [2.75, 3.05) is 32.4 Å². The van der Waals surface area contributed by atoms with Crippen molar-refractivity contribution < 1.29 is 13.2 Å². The summed E-state index contributed by atoms with van der Waals surface area (Å²) in [6.45, 7) is 13.5. The van der Waals surface area contributed by atoms with Crippen molar-refractivity contribution in [2.45, 2.75) is 53.7 Å². The monoisotopic (exact) mass is 412 g/mol. The van der Waals surface area contributed by atoms with Crippen LogP contribution in [-0.4, -0.2) is 56.7 Å². The molecule has 0 saturated carbocycles. The Morgan fingerprint density at radius 2 is 1.82 bits per heavy atom. The molecular formula is C20H36N4O3S. The summed E-state index contributed by atoms with van der Waals surface area (Å²) in [6, 6.07) is 6.09. The second kappa shape index (κ2) is 10.7. The minimum absolute atomic E-state index is 0.0261. The van der Waals surface area contributed by atoms with Gasteiger partial charge in [-0.1, -0.05) is 26.0 Å². The average Bonchev–Trinajstić information content (AvgIpc) is 2.58. The molecule has 8 heteroatoms. The number of guanidine groups is 1. The lowest BCUT2D eigenvalue weighted by Crippen LogP contribution is -2.42. The molecular weight excluding hydrogens is 376 g/mol. The number of nitrogens with one attached hydrogen (secondary N) is 2. The third kappa shape index (κ3) is 8.06. The number of hydrogen-bond donors (Lipinski definition) is 2. The highest BCUT2D eigenvalue weighted by Crippen LogP contribution is 2.24. The number of benzene rings is 1. The molecule has 0 aliphatic carbocycles. The molecule has 1 rings (SSSR count). The molecule has 1 aromatic rings. The lowest BCUT2D eigenvalue weighted by molar-refractivity contribution is 0.129. The molecule has 0 radical (unpaired) electrons. The topological polar surface area (TPSA) is 83.0 Å². The van der Waals surface area contributed by atoms with Gasteiger partial charge in [-0.15, -0.1) is 0 Å². The number of aryl methyl sites for hydroxylation is 1. The number of nitrogens with zero attached hydrogens (tertiary/aromatic N) is 2. The normalized spacial score (nSPS) is 12.9. The van der Waals surface area contributed by atoms with E-state index in [0.717, 1.165) is 16.9 Å². The van der Waals surface area contributed by atoms with Crippen LogP contribution in [0.25, 0.3) is 0 Å². The summed E-state index contributed by atoms with van der Waals surface area (Å²) in [5, 5.41) is 6.30. The largest absolute Gasteiger partial charge is 0.488 e. The van der Waals surface area contributed by atoms with Gasteiger partial charge in [-0.2, -0.15) is 0 Å². The summed E-state index contributed by atoms with van der Waals surface area (Å²) in [5.74, 6) is 1.41. The number of rotatable bonds is 9. The Morgan fingerprint density at radius 3 is 2.36 bits per heavy atom. The molecule has 160 valence electrons. The molecule has 7 nitrogen and oxygen atoms in total. The minimum atomic E-state index is -3.26. The molecule has 0 fully saturated rings. The molecule has 0 amide bonds. The molecule has 0 saturated heterocycles. The average molecular weight is 413 g/mol. The van der Waals surface area contributed by atoms with Gasteiger partial charge in [0.15, 0.2) is 5.96 Å². The predicted molar refractivity (Wildman–Crippen MR) is 116 cm³/mol. The van der Waals surface area contributed by atoms with Gasteiger partial charge in [0.1, 0.15) is 11.4 Å². The predicted octanol–water partition coefficient (Wildman–Crippen LogP) is 2.51. The highest BCUT2D eigenvalue weighted by molar-refractivity contribution is 7.89. The summed E-state index contributed by atoms with van der Waals surface area (Å²) in [4.78, 5) is 4.17. The molecule has 0 unspecified atom stereocenters. The van der Waals surface area contributed by atoms with Crippen molar-refractivity contribution >= 4 is 16.0 Å². The van der Waals surface area contributed by atoms with E-state index in [1.165, 1.54) is 4.31 Å². The number of sulfonamides is 1. The van der Waals surface area contributed by atoms with Gasteiger partial charge in [0, 0.05) is 38.8 Å². The Morgan fingerprint density at radius 1 is 1.18 bits per heavy atom. The van der Waals surface area contributed by atoms with Crippen LogP contribution in [0.1, 0.15) is 45.7 Å². The van der Waals surface area contributed by atoms with Gasteiger partial charge < -0.3 is 15.4 Å². The molecule has 0 aromatic heterocycles. The third-order valence-electron chi connectivity index (χ3n) is 4.06. The maximum absolute atomic E-state index is 12.3. The van der Waals surface area contributed by atoms with Crippen LogP contribution in [0, 0.1) is 6.92 Å². The van der Waals surface area contributed by atoms with Crippen LogP contribution in [0.2, 0.25) is 0 Å². The van der Waals surface area contributed by atoms with Gasteiger partial charge in [0.25, 0.3) is 0 Å². The molecule has 0 aliphatic rings. The van der Waals surface area contributed by atoms with Gasteiger partial charge in [-0.05, 0) is 39.3 Å². The van der Waals surface area contributed by atoms with Gasteiger partial charge in [-0.25, -0.2) is 12.7 Å². The highest BCUT2D eigenvalue weighted by Gasteiger charge is 2.18. The molecule has 0 atom stereocenters. The van der Waals surface area contributed by atoms with Crippen LogP contribution >= 0.6 is 0 Å². The van der Waals surface area contributed by atoms with Crippen molar-refractivity contribution in [3.05, 3.63) is 29.3 Å². The van der Waals surface area contributed by atoms with E-state index in [1.54, 1.807) is 7.05 Å². The fourth-order valence-electron chi connectivity index (χ4n) is 2.68. The van der Waals surface area contributed by atoms with E-state index in [2.05, 4.69) is 15.6 Å². The van der Waals surface area contributed by atoms with E-state index in [9.17, 15) is 8.42 Å². The second-order valence-electron chi connectivity index (χ2n) is 7.58. The maximum Gasteiger partial charge on any atom is 0.215 e. The van der Waals surface area contributed by atoms with Crippen molar-refractivity contribution in [2.24, 2.45) is 4.99 Å². The van der Waals surface area contributed by atoms with E-state index >= 15 is 0 Å². The van der Waals surface area contributed by atoms with Gasteiger partial charge in [0.05, 0.1) is 5.75 Å². The first kappa shape index (κ1) is 24.2. The van der Waals surface area contributed by atoms with Crippen LogP contribution in [0.5, 0.6) is 5.75 Å². The summed E-state index contributed by atoms with van der Waals surface area (Å²) in [7, 11) is -1.59. The minimum Gasteiger partial charge on any atom is -0.488 e. The number of ether oxygens (including phenoxy) is 1. The molecule has 0 heterocycles.